The number of hydrogen-bond donors (Lipinski definition) is 0. The van der Waals surface area contributed by atoms with Gasteiger partial charge >= 0.3 is 0 Å². The fraction of sp³-hybridized carbons (Fsp3) is 0.471. The Kier molecular flexibility index (Phi) is 4.41. The molecule has 1 aromatic heterocycles. The maximum atomic E-state index is 13.7. The molecule has 0 saturated carbocycles. The molecule has 0 radical (unpaired) electrons. The van der Waals surface area contributed by atoms with Crippen molar-refractivity contribution in [3.05, 3.63) is 47.3 Å². The molecule has 122 valence electrons. The van der Waals surface area contributed by atoms with Crippen LogP contribution in [0.2, 0.25) is 0 Å². The molecule has 23 heavy (non-hydrogen) atoms. The van der Waals surface area contributed by atoms with Gasteiger partial charge in [-0.05, 0) is 31.4 Å². The van der Waals surface area contributed by atoms with E-state index in [-0.39, 0.29) is 24.2 Å². The molecule has 1 aliphatic heterocycles. The maximum absolute atomic E-state index is 13.7. The van der Waals surface area contributed by atoms with Crippen molar-refractivity contribution in [1.82, 2.24) is 19.7 Å². The molecule has 0 saturated heterocycles. The summed E-state index contributed by atoms with van der Waals surface area (Å²) in [6.45, 7) is 2.76. The molecule has 3 rings (SSSR count). The minimum atomic E-state index is -0.322. The van der Waals surface area contributed by atoms with E-state index in [4.69, 9.17) is 0 Å². The second-order valence-corrected chi connectivity index (χ2v) is 6.07. The molecule has 1 aliphatic rings. The molecule has 2 heterocycles. The molecule has 1 atom stereocenters. The molecule has 0 bridgehead atoms. The third-order valence-corrected chi connectivity index (χ3v) is 4.64. The number of benzene rings is 1. The van der Waals surface area contributed by atoms with Gasteiger partial charge in [-0.15, -0.1) is 10.2 Å². The van der Waals surface area contributed by atoms with Crippen LogP contribution in [0.5, 0.6) is 0 Å². The van der Waals surface area contributed by atoms with Crippen LogP contribution in [-0.4, -0.2) is 38.7 Å². The van der Waals surface area contributed by atoms with Gasteiger partial charge in [0.15, 0.2) is 0 Å². The molecule has 0 fully saturated rings. The normalized spacial score (nSPS) is 17.4. The average molecular weight is 316 g/mol. The van der Waals surface area contributed by atoms with E-state index in [1.807, 2.05) is 14.0 Å². The summed E-state index contributed by atoms with van der Waals surface area (Å²) in [5, 5.41) is 8.30. The molecule has 6 heteroatoms. The zero-order chi connectivity index (χ0) is 16.4. The largest absolute Gasteiger partial charge is 0.342 e. The lowest BCUT2D eigenvalue weighted by atomic mass is 10.1. The second kappa shape index (κ2) is 6.48. The lowest BCUT2D eigenvalue weighted by molar-refractivity contribution is -0.131. The van der Waals surface area contributed by atoms with Crippen LogP contribution in [-0.2, 0) is 24.2 Å². The summed E-state index contributed by atoms with van der Waals surface area (Å²) in [7, 11) is 1.81. The van der Waals surface area contributed by atoms with Gasteiger partial charge in [0.2, 0.25) is 5.91 Å². The van der Waals surface area contributed by atoms with Crippen molar-refractivity contribution in [2.24, 2.45) is 0 Å². The van der Waals surface area contributed by atoms with Crippen LogP contribution in [0.4, 0.5) is 4.39 Å². The van der Waals surface area contributed by atoms with Gasteiger partial charge in [-0.3, -0.25) is 4.79 Å². The third-order valence-electron chi connectivity index (χ3n) is 4.64. The standard InChI is InChI=1S/C17H21FN4O/c1-12-19-20-16-8-7-14(9-10-22(12)16)21(2)17(23)11-13-5-3-4-6-15(13)18/h3-6,14H,7-11H2,1-2H3. The molecule has 0 N–H and O–H groups in total. The lowest BCUT2D eigenvalue weighted by Crippen LogP contribution is -2.38. The Morgan fingerprint density at radius 1 is 1.35 bits per heavy atom. The molecular formula is C17H21FN4O. The first-order valence-corrected chi connectivity index (χ1v) is 7.94. The highest BCUT2D eigenvalue weighted by atomic mass is 19.1. The van der Waals surface area contributed by atoms with Gasteiger partial charge in [0, 0.05) is 26.1 Å². The number of hydrogen-bond acceptors (Lipinski definition) is 3. The van der Waals surface area contributed by atoms with Crippen molar-refractivity contribution in [3.8, 4) is 0 Å². The van der Waals surface area contributed by atoms with Crippen molar-refractivity contribution in [3.63, 3.8) is 0 Å². The molecule has 1 amide bonds. The monoisotopic (exact) mass is 316 g/mol. The Balaban J connectivity index is 1.65. The highest BCUT2D eigenvalue weighted by Gasteiger charge is 2.25. The SMILES string of the molecule is Cc1nnc2n1CCC(N(C)C(=O)Cc1ccccc1F)CC2. The van der Waals surface area contributed by atoms with E-state index in [1.165, 1.54) is 6.07 Å². The van der Waals surface area contributed by atoms with Gasteiger partial charge in [0.1, 0.15) is 17.5 Å². The van der Waals surface area contributed by atoms with Crippen molar-refractivity contribution < 1.29 is 9.18 Å². The molecule has 2 aromatic rings. The Morgan fingerprint density at radius 3 is 2.91 bits per heavy atom. The summed E-state index contributed by atoms with van der Waals surface area (Å²) < 4.78 is 15.8. The minimum absolute atomic E-state index is 0.0468. The Hall–Kier alpha value is -2.24. The number of likely N-dealkylation sites (N-methyl/N-ethyl adjacent to an activating group) is 1. The number of fused-ring (bicyclic) bond motifs is 1. The first kappa shape index (κ1) is 15.6. The molecule has 0 aliphatic carbocycles. The quantitative estimate of drug-likeness (QED) is 0.871. The number of carbonyl (C=O) groups is 1. The number of aromatic nitrogens is 3. The van der Waals surface area contributed by atoms with Crippen LogP contribution in [0.1, 0.15) is 30.1 Å². The van der Waals surface area contributed by atoms with Gasteiger partial charge < -0.3 is 9.47 Å². The Morgan fingerprint density at radius 2 is 2.13 bits per heavy atom. The zero-order valence-corrected chi connectivity index (χ0v) is 13.5. The minimum Gasteiger partial charge on any atom is -0.342 e. The van der Waals surface area contributed by atoms with E-state index >= 15 is 0 Å². The maximum Gasteiger partial charge on any atom is 0.227 e. The van der Waals surface area contributed by atoms with E-state index in [9.17, 15) is 9.18 Å². The molecule has 0 spiro atoms. The fourth-order valence-corrected chi connectivity index (χ4v) is 3.14. The number of carbonyl (C=O) groups excluding carboxylic acids is 1. The third kappa shape index (κ3) is 3.25. The van der Waals surface area contributed by atoms with E-state index in [0.29, 0.717) is 5.56 Å². The van der Waals surface area contributed by atoms with Gasteiger partial charge in [0.25, 0.3) is 0 Å². The van der Waals surface area contributed by atoms with Crippen molar-refractivity contribution in [2.75, 3.05) is 7.05 Å². The fourth-order valence-electron chi connectivity index (χ4n) is 3.14. The number of halogens is 1. The predicted octanol–water partition coefficient (Wildman–Crippen LogP) is 2.13. The Bertz CT molecular complexity index is 712. The first-order chi connectivity index (χ1) is 11.1. The lowest BCUT2D eigenvalue weighted by Gasteiger charge is -2.27. The van der Waals surface area contributed by atoms with Crippen LogP contribution in [0.15, 0.2) is 24.3 Å². The summed E-state index contributed by atoms with van der Waals surface area (Å²) in [4.78, 5) is 14.2. The highest BCUT2D eigenvalue weighted by Crippen LogP contribution is 2.19. The number of amides is 1. The van der Waals surface area contributed by atoms with Crippen molar-refractivity contribution in [2.45, 2.75) is 45.2 Å². The van der Waals surface area contributed by atoms with Gasteiger partial charge in [-0.2, -0.15) is 0 Å². The average Bonchev–Trinajstić information content (AvgIpc) is 2.77. The number of aryl methyl sites for hydroxylation is 2. The summed E-state index contributed by atoms with van der Waals surface area (Å²) in [5.74, 6) is 1.53. The van der Waals surface area contributed by atoms with Crippen LogP contribution in [0, 0.1) is 12.7 Å². The zero-order valence-electron chi connectivity index (χ0n) is 13.5. The molecular weight excluding hydrogens is 295 g/mol. The van der Waals surface area contributed by atoms with Crippen molar-refractivity contribution >= 4 is 5.91 Å². The van der Waals surface area contributed by atoms with Crippen molar-refractivity contribution in [1.29, 1.82) is 0 Å². The van der Waals surface area contributed by atoms with E-state index < -0.39 is 0 Å². The van der Waals surface area contributed by atoms with Gasteiger partial charge in [-0.1, -0.05) is 18.2 Å². The number of rotatable bonds is 3. The predicted molar refractivity (Wildman–Crippen MR) is 84.4 cm³/mol. The summed E-state index contributed by atoms with van der Waals surface area (Å²) in [6.07, 6.45) is 2.64. The van der Waals surface area contributed by atoms with E-state index in [2.05, 4.69) is 14.8 Å². The summed E-state index contributed by atoms with van der Waals surface area (Å²) in [6, 6.07) is 6.60. The summed E-state index contributed by atoms with van der Waals surface area (Å²) in [5.41, 5.74) is 0.450. The second-order valence-electron chi connectivity index (χ2n) is 6.07. The van der Waals surface area contributed by atoms with Gasteiger partial charge in [0.05, 0.1) is 6.42 Å². The van der Waals surface area contributed by atoms with E-state index in [1.54, 1.807) is 23.1 Å². The summed E-state index contributed by atoms with van der Waals surface area (Å²) >= 11 is 0. The Labute approximate surface area is 135 Å². The highest BCUT2D eigenvalue weighted by molar-refractivity contribution is 5.78. The smallest absolute Gasteiger partial charge is 0.227 e. The number of nitrogens with zero attached hydrogens (tertiary/aromatic N) is 4. The van der Waals surface area contributed by atoms with Gasteiger partial charge in [-0.25, -0.2) is 4.39 Å². The van der Waals surface area contributed by atoms with Crippen LogP contribution >= 0.6 is 0 Å². The van der Waals surface area contributed by atoms with Crippen LogP contribution in [0.3, 0.4) is 0 Å². The van der Waals surface area contributed by atoms with Crippen LogP contribution < -0.4 is 0 Å². The topological polar surface area (TPSA) is 51.0 Å². The first-order valence-electron chi connectivity index (χ1n) is 7.94. The molecule has 5 nitrogen and oxygen atoms in total. The molecule has 1 unspecified atom stereocenters. The van der Waals surface area contributed by atoms with Crippen LogP contribution in [0.25, 0.3) is 0 Å². The van der Waals surface area contributed by atoms with E-state index in [0.717, 1.165) is 37.5 Å². The molecule has 1 aromatic carbocycles.